The maximum absolute atomic E-state index is 12.9. The van der Waals surface area contributed by atoms with Crippen molar-refractivity contribution in [1.82, 2.24) is 0 Å². The van der Waals surface area contributed by atoms with Gasteiger partial charge in [-0.05, 0) is 24.7 Å². The summed E-state index contributed by atoms with van der Waals surface area (Å²) in [6.07, 6.45) is 5.84. The SMILES string of the molecule is C[C@H]1CCC[C@@H]2Cc3occ(CO)c3C(=O)[C@@]21C. The third kappa shape index (κ3) is 1.37. The third-order valence-corrected chi connectivity index (χ3v) is 5.32. The molecule has 2 aliphatic rings. The molecule has 3 rings (SSSR count). The zero-order chi connectivity index (χ0) is 12.9. The van der Waals surface area contributed by atoms with Crippen LogP contribution in [0.4, 0.5) is 0 Å². The largest absolute Gasteiger partial charge is 0.468 e. The first kappa shape index (κ1) is 12.0. The molecule has 0 bridgehead atoms. The molecule has 3 atom stereocenters. The number of ketones is 1. The topological polar surface area (TPSA) is 50.4 Å². The van der Waals surface area contributed by atoms with E-state index in [4.69, 9.17) is 4.42 Å². The van der Waals surface area contributed by atoms with Gasteiger partial charge in [0.2, 0.25) is 0 Å². The Morgan fingerprint density at radius 2 is 2.28 bits per heavy atom. The Balaban J connectivity index is 2.12. The first-order valence-electron chi connectivity index (χ1n) is 6.84. The second-order valence-corrected chi connectivity index (χ2v) is 6.06. The van der Waals surface area contributed by atoms with E-state index in [1.54, 1.807) is 6.26 Å². The second-order valence-electron chi connectivity index (χ2n) is 6.06. The Morgan fingerprint density at radius 1 is 1.50 bits per heavy atom. The molecular weight excluding hydrogens is 228 g/mol. The molecule has 0 radical (unpaired) electrons. The minimum Gasteiger partial charge on any atom is -0.468 e. The van der Waals surface area contributed by atoms with Gasteiger partial charge in [-0.15, -0.1) is 0 Å². The van der Waals surface area contributed by atoms with Crippen LogP contribution in [0.25, 0.3) is 0 Å². The summed E-state index contributed by atoms with van der Waals surface area (Å²) in [6.45, 7) is 4.19. The molecule has 0 aromatic carbocycles. The minimum absolute atomic E-state index is 0.111. The van der Waals surface area contributed by atoms with Gasteiger partial charge in [0.1, 0.15) is 5.76 Å². The van der Waals surface area contributed by atoms with Crippen LogP contribution < -0.4 is 0 Å². The lowest BCUT2D eigenvalue weighted by molar-refractivity contribution is 0.0303. The Labute approximate surface area is 107 Å². The van der Waals surface area contributed by atoms with Gasteiger partial charge in [-0.1, -0.05) is 20.3 Å². The first-order chi connectivity index (χ1) is 8.59. The van der Waals surface area contributed by atoms with Gasteiger partial charge < -0.3 is 9.52 Å². The van der Waals surface area contributed by atoms with Gasteiger partial charge in [0.15, 0.2) is 5.78 Å². The lowest BCUT2D eigenvalue weighted by Gasteiger charge is -2.47. The van der Waals surface area contributed by atoms with Crippen LogP contribution in [0.3, 0.4) is 0 Å². The highest BCUT2D eigenvalue weighted by Crippen LogP contribution is 2.52. The van der Waals surface area contributed by atoms with Gasteiger partial charge in [-0.3, -0.25) is 4.79 Å². The summed E-state index contributed by atoms with van der Waals surface area (Å²) in [4.78, 5) is 12.9. The van der Waals surface area contributed by atoms with Crippen molar-refractivity contribution >= 4 is 5.78 Å². The van der Waals surface area contributed by atoms with Crippen LogP contribution in [0.1, 0.15) is 54.8 Å². The van der Waals surface area contributed by atoms with Crippen LogP contribution >= 0.6 is 0 Å². The zero-order valence-corrected chi connectivity index (χ0v) is 11.0. The van der Waals surface area contributed by atoms with Crippen LogP contribution in [0, 0.1) is 17.3 Å². The quantitative estimate of drug-likeness (QED) is 0.831. The Kier molecular flexibility index (Phi) is 2.63. The Bertz CT molecular complexity index is 488. The van der Waals surface area contributed by atoms with Crippen molar-refractivity contribution in [3.05, 3.63) is 23.2 Å². The summed E-state index contributed by atoms with van der Waals surface area (Å²) < 4.78 is 5.50. The fourth-order valence-electron chi connectivity index (χ4n) is 3.87. The normalized spacial score (nSPS) is 35.2. The standard InChI is InChI=1S/C15H20O3/c1-9-4-3-5-11-6-12-13(10(7-16)8-18-12)14(17)15(9,11)2/h8-9,11,16H,3-7H2,1-2H3/t9-,11+,15+/m0/s1. The smallest absolute Gasteiger partial charge is 0.173 e. The second kappa shape index (κ2) is 3.95. The molecule has 3 nitrogen and oxygen atoms in total. The highest BCUT2D eigenvalue weighted by atomic mass is 16.3. The van der Waals surface area contributed by atoms with E-state index >= 15 is 0 Å². The molecule has 18 heavy (non-hydrogen) atoms. The molecule has 1 aromatic rings. The van der Waals surface area contributed by atoms with Crippen molar-refractivity contribution in [2.75, 3.05) is 0 Å². The number of carbonyl (C=O) groups is 1. The molecule has 0 spiro atoms. The van der Waals surface area contributed by atoms with Crippen LogP contribution in [-0.4, -0.2) is 10.9 Å². The molecule has 1 N–H and O–H groups in total. The predicted molar refractivity (Wildman–Crippen MR) is 67.3 cm³/mol. The molecule has 1 aromatic heterocycles. The molecule has 1 fully saturated rings. The summed E-state index contributed by atoms with van der Waals surface area (Å²) in [5.41, 5.74) is 1.07. The van der Waals surface area contributed by atoms with Crippen LogP contribution in [0.2, 0.25) is 0 Å². The fraction of sp³-hybridized carbons (Fsp3) is 0.667. The number of fused-ring (bicyclic) bond motifs is 2. The lowest BCUT2D eigenvalue weighted by Crippen LogP contribution is -2.48. The number of carbonyl (C=O) groups excluding carboxylic acids is 1. The van der Waals surface area contributed by atoms with E-state index in [1.807, 2.05) is 0 Å². The molecule has 0 aliphatic heterocycles. The summed E-state index contributed by atoms with van der Waals surface area (Å²) in [7, 11) is 0. The molecule has 1 heterocycles. The molecule has 0 amide bonds. The molecule has 0 saturated heterocycles. The molecule has 0 unspecified atom stereocenters. The summed E-state index contributed by atoms with van der Waals surface area (Å²) in [5.74, 6) is 1.80. The number of hydrogen-bond donors (Lipinski definition) is 1. The Hall–Kier alpha value is -1.09. The fourth-order valence-corrected chi connectivity index (χ4v) is 3.87. The van der Waals surface area contributed by atoms with Crippen LogP contribution in [0.15, 0.2) is 10.7 Å². The van der Waals surface area contributed by atoms with E-state index in [9.17, 15) is 9.90 Å². The number of rotatable bonds is 1. The molecule has 98 valence electrons. The molecular formula is C15H20O3. The van der Waals surface area contributed by atoms with Crippen LogP contribution in [-0.2, 0) is 13.0 Å². The number of aliphatic hydroxyl groups is 1. The van der Waals surface area contributed by atoms with Crippen molar-refractivity contribution in [3.63, 3.8) is 0 Å². The van der Waals surface area contributed by atoms with Crippen molar-refractivity contribution < 1.29 is 14.3 Å². The monoisotopic (exact) mass is 248 g/mol. The van der Waals surface area contributed by atoms with Crippen LogP contribution in [0.5, 0.6) is 0 Å². The molecule has 1 saturated carbocycles. The maximum atomic E-state index is 12.9. The number of Topliss-reactive ketones (excluding diaryl/α,β-unsaturated/α-hetero) is 1. The minimum atomic E-state index is -0.265. The molecule has 3 heteroatoms. The van der Waals surface area contributed by atoms with E-state index in [0.717, 1.165) is 25.0 Å². The number of hydrogen-bond acceptors (Lipinski definition) is 3. The van der Waals surface area contributed by atoms with Gasteiger partial charge in [0.25, 0.3) is 0 Å². The van der Waals surface area contributed by atoms with E-state index < -0.39 is 0 Å². The summed E-state index contributed by atoms with van der Waals surface area (Å²) in [5, 5.41) is 9.33. The maximum Gasteiger partial charge on any atom is 0.173 e. The summed E-state index contributed by atoms with van der Waals surface area (Å²) >= 11 is 0. The molecule has 2 aliphatic carbocycles. The van der Waals surface area contributed by atoms with E-state index in [0.29, 0.717) is 23.0 Å². The van der Waals surface area contributed by atoms with Gasteiger partial charge >= 0.3 is 0 Å². The third-order valence-electron chi connectivity index (χ3n) is 5.32. The lowest BCUT2D eigenvalue weighted by atomic mass is 9.55. The summed E-state index contributed by atoms with van der Waals surface area (Å²) in [6, 6.07) is 0. The number of aliphatic hydroxyl groups excluding tert-OH is 1. The Morgan fingerprint density at radius 3 is 3.00 bits per heavy atom. The average Bonchev–Trinajstić information content (AvgIpc) is 2.76. The van der Waals surface area contributed by atoms with E-state index in [2.05, 4.69) is 13.8 Å². The van der Waals surface area contributed by atoms with Gasteiger partial charge in [-0.2, -0.15) is 0 Å². The highest BCUT2D eigenvalue weighted by Gasteiger charge is 2.52. The van der Waals surface area contributed by atoms with Crippen molar-refractivity contribution in [1.29, 1.82) is 0 Å². The van der Waals surface area contributed by atoms with Gasteiger partial charge in [0.05, 0.1) is 18.4 Å². The van der Waals surface area contributed by atoms with E-state index in [1.165, 1.54) is 6.42 Å². The van der Waals surface area contributed by atoms with Gasteiger partial charge in [0, 0.05) is 17.4 Å². The van der Waals surface area contributed by atoms with Gasteiger partial charge in [-0.25, -0.2) is 0 Å². The first-order valence-corrected chi connectivity index (χ1v) is 6.84. The van der Waals surface area contributed by atoms with Crippen molar-refractivity contribution in [3.8, 4) is 0 Å². The number of furan rings is 1. The van der Waals surface area contributed by atoms with Crippen molar-refractivity contribution in [2.45, 2.75) is 46.1 Å². The van der Waals surface area contributed by atoms with Crippen molar-refractivity contribution in [2.24, 2.45) is 17.3 Å². The average molecular weight is 248 g/mol. The van der Waals surface area contributed by atoms with E-state index in [-0.39, 0.29) is 17.8 Å². The predicted octanol–water partition coefficient (Wildman–Crippen LogP) is 2.95. The highest BCUT2D eigenvalue weighted by molar-refractivity contribution is 6.03. The zero-order valence-electron chi connectivity index (χ0n) is 11.0.